The molecule has 0 fully saturated rings. The first-order valence-electron chi connectivity index (χ1n) is 4.50. The molecule has 15 heavy (non-hydrogen) atoms. The molecule has 78 valence electrons. The summed E-state index contributed by atoms with van der Waals surface area (Å²) in [5, 5.41) is 2.05. The number of rotatable bonds is 3. The average molecular weight is 237 g/mol. The van der Waals surface area contributed by atoms with E-state index in [2.05, 4.69) is 15.3 Å². The highest BCUT2D eigenvalue weighted by atomic mass is 32.2. The molecule has 0 aliphatic rings. The number of hydrogen-bond acceptors (Lipinski definition) is 5. The third-order valence-electron chi connectivity index (χ3n) is 1.77. The summed E-state index contributed by atoms with van der Waals surface area (Å²) in [5.41, 5.74) is 7.66. The van der Waals surface area contributed by atoms with Gasteiger partial charge in [0.25, 0.3) is 0 Å². The number of thiazole rings is 1. The van der Waals surface area contributed by atoms with E-state index < -0.39 is 0 Å². The number of aryl methyl sites for hydroxylation is 1. The fraction of sp³-hybridized carbons (Fsp3) is 0.200. The van der Waals surface area contributed by atoms with Crippen molar-refractivity contribution in [2.75, 3.05) is 5.73 Å². The van der Waals surface area contributed by atoms with E-state index in [9.17, 15) is 0 Å². The van der Waals surface area contributed by atoms with Gasteiger partial charge in [0, 0.05) is 16.8 Å². The standard InChI is InChI=1S/C10H11N3S2/c1-7-5-14-10(12-7)15-6-8-3-2-4-9(11)13-8/h2-5H,6H2,1H3,(H2,11,13). The Balaban J connectivity index is 1.99. The third-order valence-corrected chi connectivity index (χ3v) is 3.94. The Morgan fingerprint density at radius 2 is 2.27 bits per heavy atom. The van der Waals surface area contributed by atoms with Crippen molar-refractivity contribution < 1.29 is 0 Å². The van der Waals surface area contributed by atoms with Gasteiger partial charge in [-0.3, -0.25) is 0 Å². The van der Waals surface area contributed by atoms with E-state index in [4.69, 9.17) is 5.73 Å². The lowest BCUT2D eigenvalue weighted by Gasteiger charge is -1.98. The second kappa shape index (κ2) is 4.63. The van der Waals surface area contributed by atoms with Crippen LogP contribution in [0.1, 0.15) is 11.4 Å². The lowest BCUT2D eigenvalue weighted by atomic mass is 10.4. The fourth-order valence-corrected chi connectivity index (χ4v) is 2.87. The molecule has 2 aromatic rings. The van der Waals surface area contributed by atoms with Gasteiger partial charge in [-0.1, -0.05) is 17.8 Å². The Hall–Kier alpha value is -1.07. The van der Waals surface area contributed by atoms with E-state index in [-0.39, 0.29) is 0 Å². The van der Waals surface area contributed by atoms with Crippen molar-refractivity contribution in [2.45, 2.75) is 17.0 Å². The first-order valence-corrected chi connectivity index (χ1v) is 6.37. The molecule has 0 atom stereocenters. The number of nitrogen functional groups attached to an aromatic ring is 1. The van der Waals surface area contributed by atoms with Gasteiger partial charge >= 0.3 is 0 Å². The Bertz CT molecular complexity index is 453. The average Bonchev–Trinajstić information content (AvgIpc) is 2.62. The van der Waals surface area contributed by atoms with E-state index in [0.717, 1.165) is 21.5 Å². The molecule has 2 N–H and O–H groups in total. The number of thioether (sulfide) groups is 1. The van der Waals surface area contributed by atoms with Gasteiger partial charge in [-0.25, -0.2) is 9.97 Å². The molecule has 2 heterocycles. The molecule has 3 nitrogen and oxygen atoms in total. The minimum Gasteiger partial charge on any atom is -0.384 e. The second-order valence-electron chi connectivity index (χ2n) is 3.10. The molecule has 0 radical (unpaired) electrons. The summed E-state index contributed by atoms with van der Waals surface area (Å²) in [7, 11) is 0. The van der Waals surface area contributed by atoms with E-state index in [1.54, 1.807) is 29.2 Å². The summed E-state index contributed by atoms with van der Waals surface area (Å²) in [5.74, 6) is 1.39. The zero-order valence-corrected chi connectivity index (χ0v) is 9.94. The summed E-state index contributed by atoms with van der Waals surface area (Å²) >= 11 is 3.36. The summed E-state index contributed by atoms with van der Waals surface area (Å²) < 4.78 is 1.08. The Morgan fingerprint density at radius 3 is 2.93 bits per heavy atom. The lowest BCUT2D eigenvalue weighted by Crippen LogP contribution is -1.93. The van der Waals surface area contributed by atoms with Crippen LogP contribution in [0.15, 0.2) is 27.9 Å². The molecule has 2 aromatic heterocycles. The minimum atomic E-state index is 0.573. The molecule has 0 spiro atoms. The highest BCUT2D eigenvalue weighted by Gasteiger charge is 2.01. The van der Waals surface area contributed by atoms with Crippen LogP contribution in [-0.4, -0.2) is 9.97 Å². The first kappa shape index (κ1) is 10.4. The molecule has 0 amide bonds. The Kier molecular flexibility index (Phi) is 3.23. The molecule has 0 saturated heterocycles. The van der Waals surface area contributed by atoms with Crippen molar-refractivity contribution in [1.82, 2.24) is 9.97 Å². The predicted octanol–water partition coefficient (Wildman–Crippen LogP) is 2.72. The van der Waals surface area contributed by atoms with Gasteiger partial charge in [0.2, 0.25) is 0 Å². The molecule has 0 unspecified atom stereocenters. The van der Waals surface area contributed by atoms with Gasteiger partial charge in [-0.15, -0.1) is 11.3 Å². The summed E-state index contributed by atoms with van der Waals surface area (Å²) in [6.07, 6.45) is 0. The highest BCUT2D eigenvalue weighted by molar-refractivity contribution is 8.00. The van der Waals surface area contributed by atoms with Crippen LogP contribution in [0.5, 0.6) is 0 Å². The van der Waals surface area contributed by atoms with E-state index >= 15 is 0 Å². The Morgan fingerprint density at radius 1 is 1.40 bits per heavy atom. The molecule has 0 bridgehead atoms. The summed E-state index contributed by atoms with van der Waals surface area (Å²) in [4.78, 5) is 8.60. The summed E-state index contributed by atoms with van der Waals surface area (Å²) in [6, 6.07) is 5.69. The maximum absolute atomic E-state index is 5.60. The van der Waals surface area contributed by atoms with Crippen LogP contribution in [0, 0.1) is 6.92 Å². The molecule has 2 rings (SSSR count). The number of aromatic nitrogens is 2. The van der Waals surface area contributed by atoms with Crippen molar-refractivity contribution in [2.24, 2.45) is 0 Å². The zero-order valence-electron chi connectivity index (χ0n) is 8.30. The van der Waals surface area contributed by atoms with Gasteiger partial charge in [0.15, 0.2) is 0 Å². The number of hydrogen-bond donors (Lipinski definition) is 1. The van der Waals surface area contributed by atoms with Crippen molar-refractivity contribution in [3.05, 3.63) is 35.0 Å². The third kappa shape index (κ3) is 2.94. The quantitative estimate of drug-likeness (QED) is 0.834. The van der Waals surface area contributed by atoms with E-state index in [0.29, 0.717) is 5.82 Å². The van der Waals surface area contributed by atoms with Crippen LogP contribution < -0.4 is 5.73 Å². The highest BCUT2D eigenvalue weighted by Crippen LogP contribution is 2.25. The number of pyridine rings is 1. The smallest absolute Gasteiger partial charge is 0.150 e. The molecule has 0 saturated carbocycles. The molecular formula is C10H11N3S2. The van der Waals surface area contributed by atoms with Crippen LogP contribution >= 0.6 is 23.1 Å². The largest absolute Gasteiger partial charge is 0.384 e. The summed E-state index contributed by atoms with van der Waals surface area (Å²) in [6.45, 7) is 2.00. The molecule has 0 aliphatic carbocycles. The van der Waals surface area contributed by atoms with Gasteiger partial charge in [0.1, 0.15) is 10.2 Å². The maximum Gasteiger partial charge on any atom is 0.150 e. The van der Waals surface area contributed by atoms with Gasteiger partial charge in [-0.2, -0.15) is 0 Å². The fourth-order valence-electron chi connectivity index (χ4n) is 1.11. The Labute approximate surface area is 96.8 Å². The molecule has 0 aliphatic heterocycles. The van der Waals surface area contributed by atoms with E-state index in [1.807, 2.05) is 19.1 Å². The van der Waals surface area contributed by atoms with E-state index in [1.165, 1.54) is 0 Å². The zero-order chi connectivity index (χ0) is 10.7. The van der Waals surface area contributed by atoms with Crippen LogP contribution in [0.4, 0.5) is 5.82 Å². The van der Waals surface area contributed by atoms with Crippen LogP contribution in [-0.2, 0) is 5.75 Å². The molecule has 5 heteroatoms. The maximum atomic E-state index is 5.60. The normalized spacial score (nSPS) is 10.5. The van der Waals surface area contributed by atoms with Crippen LogP contribution in [0.25, 0.3) is 0 Å². The topological polar surface area (TPSA) is 51.8 Å². The van der Waals surface area contributed by atoms with Crippen molar-refractivity contribution >= 4 is 28.9 Å². The number of anilines is 1. The van der Waals surface area contributed by atoms with Crippen molar-refractivity contribution in [3.8, 4) is 0 Å². The molecule has 0 aromatic carbocycles. The SMILES string of the molecule is Cc1csc(SCc2cccc(N)n2)n1. The van der Waals surface area contributed by atoms with Gasteiger partial charge in [-0.05, 0) is 19.1 Å². The number of nitrogens with zero attached hydrogens (tertiary/aromatic N) is 2. The monoisotopic (exact) mass is 237 g/mol. The predicted molar refractivity (Wildman–Crippen MR) is 65.1 cm³/mol. The van der Waals surface area contributed by atoms with Crippen LogP contribution in [0.2, 0.25) is 0 Å². The first-order chi connectivity index (χ1) is 7.24. The van der Waals surface area contributed by atoms with Crippen LogP contribution in [0.3, 0.4) is 0 Å². The van der Waals surface area contributed by atoms with Gasteiger partial charge < -0.3 is 5.73 Å². The van der Waals surface area contributed by atoms with Gasteiger partial charge in [0.05, 0.1) is 5.69 Å². The lowest BCUT2D eigenvalue weighted by molar-refractivity contribution is 1.14. The molecular weight excluding hydrogens is 226 g/mol. The second-order valence-corrected chi connectivity index (χ2v) is 5.18. The van der Waals surface area contributed by atoms with Crippen molar-refractivity contribution in [3.63, 3.8) is 0 Å². The minimum absolute atomic E-state index is 0.573. The number of nitrogens with two attached hydrogens (primary N) is 1. The van der Waals surface area contributed by atoms with Crippen molar-refractivity contribution in [1.29, 1.82) is 0 Å².